The van der Waals surface area contributed by atoms with Crippen molar-refractivity contribution in [2.45, 2.75) is 0 Å². The SMILES string of the molecule is COc1cc([O][Sn])ccc1C=O. The van der Waals surface area contributed by atoms with E-state index in [0.717, 1.165) is 35.0 Å². The fourth-order valence-electron chi connectivity index (χ4n) is 0.852. The standard InChI is InChI=1S/C8H8O3.Sn/c1-11-8-4-7(10)3-2-6(8)5-9;/h2-5,10H,1H3;/q;+1/p-1. The van der Waals surface area contributed by atoms with Gasteiger partial charge in [0.25, 0.3) is 0 Å². The molecule has 4 heteroatoms. The van der Waals surface area contributed by atoms with Crippen molar-refractivity contribution in [2.24, 2.45) is 0 Å². The summed E-state index contributed by atoms with van der Waals surface area (Å²) in [6.45, 7) is 0. The Labute approximate surface area is 84.3 Å². The number of hydrogen-bond donors (Lipinski definition) is 0. The van der Waals surface area contributed by atoms with Crippen molar-refractivity contribution in [1.82, 2.24) is 0 Å². The van der Waals surface area contributed by atoms with Crippen LogP contribution < -0.4 is 7.81 Å². The van der Waals surface area contributed by atoms with Gasteiger partial charge in [0.1, 0.15) is 0 Å². The van der Waals surface area contributed by atoms with E-state index >= 15 is 0 Å². The van der Waals surface area contributed by atoms with E-state index in [4.69, 9.17) is 7.81 Å². The van der Waals surface area contributed by atoms with Gasteiger partial charge in [-0.3, -0.25) is 0 Å². The second-order valence-electron chi connectivity index (χ2n) is 2.12. The Bertz CT molecular complexity index is 286. The maximum absolute atomic E-state index is 10.5. The van der Waals surface area contributed by atoms with E-state index in [2.05, 4.69) is 0 Å². The first kappa shape index (κ1) is 9.38. The van der Waals surface area contributed by atoms with E-state index in [1.807, 2.05) is 0 Å². The predicted octanol–water partition coefficient (Wildman–Crippen LogP) is 0.970. The van der Waals surface area contributed by atoms with Crippen LogP contribution in [0, 0.1) is 0 Å². The Morgan fingerprint density at radius 3 is 2.75 bits per heavy atom. The normalized spacial score (nSPS) is 9.17. The van der Waals surface area contributed by atoms with Gasteiger partial charge in [-0.05, 0) is 0 Å². The van der Waals surface area contributed by atoms with Crippen LogP contribution in [0.4, 0.5) is 0 Å². The molecular weight excluding hydrogens is 263 g/mol. The molecule has 0 unspecified atom stereocenters. The van der Waals surface area contributed by atoms with Gasteiger partial charge >= 0.3 is 84.2 Å². The Hall–Kier alpha value is -0.711. The van der Waals surface area contributed by atoms with Gasteiger partial charge in [0.15, 0.2) is 0 Å². The minimum absolute atomic E-state index is 0.536. The molecule has 61 valence electrons. The molecule has 12 heavy (non-hydrogen) atoms. The molecule has 3 radical (unpaired) electrons. The quantitative estimate of drug-likeness (QED) is 0.606. The van der Waals surface area contributed by atoms with Crippen molar-refractivity contribution >= 4 is 29.2 Å². The van der Waals surface area contributed by atoms with Gasteiger partial charge in [0.2, 0.25) is 0 Å². The fourth-order valence-corrected chi connectivity index (χ4v) is 1.21. The average Bonchev–Trinajstić information content (AvgIpc) is 2.16. The first-order valence-electron chi connectivity index (χ1n) is 3.28. The van der Waals surface area contributed by atoms with Gasteiger partial charge in [-0.1, -0.05) is 0 Å². The number of hydrogen-bond acceptors (Lipinski definition) is 3. The number of ether oxygens (including phenoxy) is 1. The molecule has 0 N–H and O–H groups in total. The third-order valence-corrected chi connectivity index (χ3v) is 2.12. The molecule has 0 aromatic heterocycles. The molecule has 0 fully saturated rings. The van der Waals surface area contributed by atoms with E-state index < -0.39 is 0 Å². The number of benzene rings is 1. The first-order valence-corrected chi connectivity index (χ1v) is 4.45. The predicted molar refractivity (Wildman–Crippen MR) is 44.8 cm³/mol. The number of carbonyl (C=O) groups excluding carboxylic acids is 1. The maximum atomic E-state index is 10.5. The third kappa shape index (κ3) is 1.91. The minimum atomic E-state index is 0.536. The molecule has 0 atom stereocenters. The van der Waals surface area contributed by atoms with Crippen LogP contribution in [0.1, 0.15) is 10.4 Å². The van der Waals surface area contributed by atoms with Crippen LogP contribution >= 0.6 is 0 Å². The van der Waals surface area contributed by atoms with Crippen LogP contribution in [0.25, 0.3) is 0 Å². The fraction of sp³-hybridized carbons (Fsp3) is 0.125. The summed E-state index contributed by atoms with van der Waals surface area (Å²) in [5.41, 5.74) is 0.536. The molecule has 0 amide bonds. The second kappa shape index (κ2) is 4.35. The monoisotopic (exact) mass is 271 g/mol. The van der Waals surface area contributed by atoms with Crippen LogP contribution in [-0.4, -0.2) is 36.3 Å². The number of methoxy groups -OCH3 is 1. The van der Waals surface area contributed by atoms with Crippen molar-refractivity contribution in [2.75, 3.05) is 7.11 Å². The molecule has 3 nitrogen and oxygen atoms in total. The number of rotatable bonds is 3. The molecule has 0 aliphatic rings. The van der Waals surface area contributed by atoms with E-state index in [9.17, 15) is 4.79 Å². The molecule has 1 aromatic carbocycles. The Balaban J connectivity index is 3.10. The van der Waals surface area contributed by atoms with Crippen LogP contribution in [0.3, 0.4) is 0 Å². The van der Waals surface area contributed by atoms with Gasteiger partial charge in [-0.15, -0.1) is 0 Å². The summed E-state index contributed by atoms with van der Waals surface area (Å²) in [6, 6.07) is 5.10. The summed E-state index contributed by atoms with van der Waals surface area (Å²) >= 11 is 0.961. The van der Waals surface area contributed by atoms with E-state index in [1.165, 1.54) is 7.11 Å². The van der Waals surface area contributed by atoms with Crippen molar-refractivity contribution in [3.05, 3.63) is 23.8 Å². The topological polar surface area (TPSA) is 35.5 Å². The summed E-state index contributed by atoms with van der Waals surface area (Å²) in [6.07, 6.45) is 0.756. The van der Waals surface area contributed by atoms with E-state index in [0.29, 0.717) is 11.3 Å². The van der Waals surface area contributed by atoms with Gasteiger partial charge < -0.3 is 0 Å². The van der Waals surface area contributed by atoms with Gasteiger partial charge in [-0.2, -0.15) is 0 Å². The molecule has 0 bridgehead atoms. The molecule has 1 aromatic rings. The third-order valence-electron chi connectivity index (χ3n) is 1.45. The molecule has 0 heterocycles. The van der Waals surface area contributed by atoms with Crippen LogP contribution in [0.15, 0.2) is 18.2 Å². The number of aldehydes is 1. The molecule has 0 saturated heterocycles. The summed E-state index contributed by atoms with van der Waals surface area (Å²) in [4.78, 5) is 10.5. The van der Waals surface area contributed by atoms with Crippen molar-refractivity contribution in [3.8, 4) is 11.5 Å². The van der Waals surface area contributed by atoms with Crippen molar-refractivity contribution in [3.63, 3.8) is 0 Å². The summed E-state index contributed by atoms with van der Waals surface area (Å²) < 4.78 is 10.0. The van der Waals surface area contributed by atoms with Crippen LogP contribution in [0.5, 0.6) is 11.5 Å². The summed E-state index contributed by atoms with van der Waals surface area (Å²) in [7, 11) is 1.52. The molecule has 1 rings (SSSR count). The van der Waals surface area contributed by atoms with Crippen molar-refractivity contribution in [1.29, 1.82) is 0 Å². The first-order chi connectivity index (χ1) is 5.81. The zero-order valence-electron chi connectivity index (χ0n) is 6.53. The molecule has 0 spiro atoms. The van der Waals surface area contributed by atoms with Crippen LogP contribution in [-0.2, 0) is 0 Å². The van der Waals surface area contributed by atoms with Crippen LogP contribution in [0.2, 0.25) is 0 Å². The number of carbonyl (C=O) groups is 1. The van der Waals surface area contributed by atoms with Crippen molar-refractivity contribution < 1.29 is 12.6 Å². The summed E-state index contributed by atoms with van der Waals surface area (Å²) in [5.74, 6) is 1.26. The summed E-state index contributed by atoms with van der Waals surface area (Å²) in [5, 5.41) is 0. The van der Waals surface area contributed by atoms with Gasteiger partial charge in [0.05, 0.1) is 0 Å². The average molecular weight is 270 g/mol. The van der Waals surface area contributed by atoms with Gasteiger partial charge in [0, 0.05) is 0 Å². The Morgan fingerprint density at radius 2 is 2.25 bits per heavy atom. The van der Waals surface area contributed by atoms with Gasteiger partial charge in [-0.25, -0.2) is 0 Å². The zero-order valence-corrected chi connectivity index (χ0v) is 9.39. The molecule has 0 aliphatic heterocycles. The molecule has 0 saturated carbocycles. The Kier molecular flexibility index (Phi) is 3.40. The van der Waals surface area contributed by atoms with E-state index in [1.54, 1.807) is 18.2 Å². The van der Waals surface area contributed by atoms with E-state index in [-0.39, 0.29) is 0 Å². The molecular formula is C8H7O3Sn. The Morgan fingerprint density at radius 1 is 1.50 bits per heavy atom. The molecule has 0 aliphatic carbocycles. The zero-order chi connectivity index (χ0) is 8.97. The second-order valence-corrected chi connectivity index (χ2v) is 2.71.